The van der Waals surface area contributed by atoms with Crippen molar-refractivity contribution in [3.8, 4) is 6.07 Å². The van der Waals surface area contributed by atoms with Crippen molar-refractivity contribution in [2.45, 2.75) is 52.4 Å². The predicted octanol–water partition coefficient (Wildman–Crippen LogP) is 6.09. The topological polar surface area (TPSA) is 118 Å². The Balaban J connectivity index is -0.000000124. The summed E-state index contributed by atoms with van der Waals surface area (Å²) in [6.07, 6.45) is 7.85. The molecule has 0 aliphatic heterocycles. The zero-order valence-electron chi connectivity index (χ0n) is 14.9. The zero-order chi connectivity index (χ0) is 22.4. The van der Waals surface area contributed by atoms with Gasteiger partial charge in [-0.25, -0.2) is 0 Å². The number of carbonyl (C=O) groups excluding carboxylic acids is 4. The van der Waals surface area contributed by atoms with Gasteiger partial charge >= 0.3 is 127 Å². The quantitative estimate of drug-likeness (QED) is 0.343. The second kappa shape index (κ2) is 27.1. The molecule has 2 N–H and O–H groups in total. The van der Waals surface area contributed by atoms with Crippen molar-refractivity contribution in [1.29, 1.82) is 5.26 Å². The summed E-state index contributed by atoms with van der Waals surface area (Å²) in [5.41, 5.74) is 6.23. The van der Waals surface area contributed by atoms with Crippen LogP contribution >= 0.6 is 99.9 Å². The first kappa shape index (κ1) is 37.3. The van der Waals surface area contributed by atoms with Gasteiger partial charge in [-0.15, -0.1) is 0 Å². The van der Waals surface area contributed by atoms with Gasteiger partial charge in [-0.3, -0.25) is 0 Å². The number of rotatable bonds is 3. The molecule has 0 aromatic rings. The van der Waals surface area contributed by atoms with Crippen LogP contribution < -0.4 is 5.73 Å². The molecule has 0 spiro atoms. The van der Waals surface area contributed by atoms with Crippen molar-refractivity contribution in [3.05, 3.63) is 0 Å². The summed E-state index contributed by atoms with van der Waals surface area (Å²) in [4.78, 5) is 32.2. The predicted molar refractivity (Wildman–Crippen MR) is 139 cm³/mol. The summed E-state index contributed by atoms with van der Waals surface area (Å²) in [6.45, 7) is 5.21. The van der Waals surface area contributed by atoms with Gasteiger partial charge in [-0.05, 0) is 50.5 Å². The standard InChI is InChI=1S/C6H13N.C6H9N.2CO2.5HI.2V/c2*1-2-6(5-7)3-4-6;2*2-1-3;;;;;;;/h2-5,7H2,1H3;2-4H2,1H3;;;5*1H;;/q;;;;;;;;;+2;+3/p-5. The van der Waals surface area contributed by atoms with Crippen LogP contribution in [0.5, 0.6) is 0 Å². The molecule has 0 bridgehead atoms. The minimum atomic E-state index is -0.278. The Labute approximate surface area is 228 Å². The molecule has 0 radical (unpaired) electrons. The van der Waals surface area contributed by atoms with Gasteiger partial charge in [0, 0.05) is 0 Å². The van der Waals surface area contributed by atoms with Gasteiger partial charge in [0.05, 0.1) is 11.5 Å². The third kappa shape index (κ3) is 33.9. The van der Waals surface area contributed by atoms with Crippen LogP contribution in [0.25, 0.3) is 0 Å². The van der Waals surface area contributed by atoms with Crippen LogP contribution in [0.4, 0.5) is 0 Å². The van der Waals surface area contributed by atoms with Crippen molar-refractivity contribution in [1.82, 2.24) is 0 Å². The number of nitriles is 1. The van der Waals surface area contributed by atoms with E-state index in [0.717, 1.165) is 25.8 Å². The molecule has 2 fully saturated rings. The van der Waals surface area contributed by atoms with E-state index in [0.29, 0.717) is 14.9 Å². The SMILES string of the molecule is CCC1(C#N)CC1.CCC1(CN)CC1.O=C=O.O=C=O.[I][V]([I])[I].[I][V][I]. The fourth-order valence-electron chi connectivity index (χ4n) is 1.57. The van der Waals surface area contributed by atoms with Crippen molar-refractivity contribution in [2.24, 2.45) is 16.6 Å². The number of nitrogens with zero attached hydrogens (tertiary/aromatic N) is 1. The van der Waals surface area contributed by atoms with Crippen LogP contribution in [-0.2, 0) is 33.6 Å². The second-order valence-corrected chi connectivity index (χ2v) is 52.4. The zero-order valence-corrected chi connectivity index (χ0v) is 28.5. The molecule has 13 heteroatoms. The molecule has 2 saturated carbocycles. The molecule has 0 amide bonds. The van der Waals surface area contributed by atoms with Crippen LogP contribution in [0, 0.1) is 22.2 Å². The van der Waals surface area contributed by atoms with Crippen molar-refractivity contribution in [3.63, 3.8) is 0 Å². The summed E-state index contributed by atoms with van der Waals surface area (Å²) in [5, 5.41) is 8.41. The molecular weight excluding hydrogens is 997 g/mol. The van der Waals surface area contributed by atoms with Gasteiger partial charge in [0.2, 0.25) is 0 Å². The van der Waals surface area contributed by atoms with Crippen molar-refractivity contribution >= 4 is 112 Å². The van der Waals surface area contributed by atoms with Crippen molar-refractivity contribution in [2.75, 3.05) is 6.54 Å². The van der Waals surface area contributed by atoms with E-state index in [4.69, 9.17) is 30.2 Å². The van der Waals surface area contributed by atoms with Gasteiger partial charge in [0.15, 0.2) is 0 Å². The van der Waals surface area contributed by atoms with Gasteiger partial charge in [-0.1, -0.05) is 13.8 Å². The van der Waals surface area contributed by atoms with E-state index < -0.39 is 0 Å². The van der Waals surface area contributed by atoms with E-state index >= 15 is 0 Å². The molecule has 27 heavy (non-hydrogen) atoms. The molecule has 0 unspecified atom stereocenters. The second-order valence-electron chi connectivity index (χ2n) is 5.23. The van der Waals surface area contributed by atoms with E-state index in [9.17, 15) is 0 Å². The fraction of sp³-hybridized carbons (Fsp3) is 0.786. The monoisotopic (exact) mass is 1020 g/mol. The summed E-state index contributed by atoms with van der Waals surface area (Å²) in [5.74, 6) is 0. The third-order valence-corrected chi connectivity index (χ3v) is 3.91. The van der Waals surface area contributed by atoms with E-state index in [1.54, 1.807) is 0 Å². The number of nitrogens with two attached hydrogens (primary N) is 1. The van der Waals surface area contributed by atoms with Crippen LogP contribution in [-0.4, -0.2) is 18.8 Å². The molecule has 2 aliphatic carbocycles. The summed E-state index contributed by atoms with van der Waals surface area (Å²) in [7, 11) is 0.628. The van der Waals surface area contributed by atoms with Crippen molar-refractivity contribution < 1.29 is 33.6 Å². The third-order valence-electron chi connectivity index (χ3n) is 3.91. The Hall–Kier alpha value is 3.03. The summed E-state index contributed by atoms with van der Waals surface area (Å²) >= 11 is 12.1. The minimum absolute atomic E-state index is 0.139. The van der Waals surface area contributed by atoms with Crippen LogP contribution in [0.2, 0.25) is 0 Å². The first-order valence-corrected chi connectivity index (χ1v) is 30.0. The maximum absolute atomic E-state index is 8.41. The Morgan fingerprint density at radius 2 is 1.26 bits per heavy atom. The van der Waals surface area contributed by atoms with E-state index in [2.05, 4.69) is 120 Å². The van der Waals surface area contributed by atoms with Gasteiger partial charge < -0.3 is 5.73 Å². The molecule has 0 atom stereocenters. The number of hydrogen-bond donors (Lipinski definition) is 1. The van der Waals surface area contributed by atoms with Crippen LogP contribution in [0.3, 0.4) is 0 Å². The molecule has 0 aromatic carbocycles. The fourth-order valence-corrected chi connectivity index (χ4v) is 1.57. The van der Waals surface area contributed by atoms with E-state index in [-0.39, 0.29) is 22.6 Å². The molecule has 2 rings (SSSR count). The van der Waals surface area contributed by atoms with E-state index in [1.165, 1.54) is 19.3 Å². The average Bonchev–Trinajstić information content (AvgIpc) is 3.52. The Morgan fingerprint density at radius 3 is 1.26 bits per heavy atom. The number of hydrogen-bond acceptors (Lipinski definition) is 6. The molecule has 0 heterocycles. The molecule has 0 saturated heterocycles. The molecule has 0 aromatic heterocycles. The molecular formula is C14H22I5N2O4V2. The normalized spacial score (nSPS) is 15.0. The van der Waals surface area contributed by atoms with E-state index in [1.807, 2.05) is 0 Å². The van der Waals surface area contributed by atoms with Crippen LogP contribution in [0.1, 0.15) is 52.4 Å². The maximum atomic E-state index is 8.41. The van der Waals surface area contributed by atoms with Gasteiger partial charge in [0.25, 0.3) is 0 Å². The Morgan fingerprint density at radius 1 is 0.963 bits per heavy atom. The summed E-state index contributed by atoms with van der Waals surface area (Å²) < 4.78 is 0. The average molecular weight is 1020 g/mol. The number of halogens is 5. The molecule has 157 valence electrons. The molecule has 2 aliphatic rings. The molecule has 6 nitrogen and oxygen atoms in total. The Kier molecular flexibility index (Phi) is 37.4. The van der Waals surface area contributed by atoms with Gasteiger partial charge in [0.1, 0.15) is 0 Å². The Bertz CT molecular complexity index is 427. The summed E-state index contributed by atoms with van der Waals surface area (Å²) in [6, 6.07) is 2.30. The first-order valence-electron chi connectivity index (χ1n) is 7.43. The van der Waals surface area contributed by atoms with Gasteiger partial charge in [-0.2, -0.15) is 24.4 Å². The first-order chi connectivity index (χ1) is 12.6. The van der Waals surface area contributed by atoms with Crippen LogP contribution in [0.15, 0.2) is 0 Å².